The number of carbonyl (C=O) groups is 1. The fourth-order valence-electron chi connectivity index (χ4n) is 2.94. The van der Waals surface area contributed by atoms with E-state index in [1.54, 1.807) is 0 Å². The molecule has 128 valence electrons. The van der Waals surface area contributed by atoms with Gasteiger partial charge in [0.25, 0.3) is 0 Å². The molecule has 2 atom stereocenters. The van der Waals surface area contributed by atoms with Gasteiger partial charge in [0.1, 0.15) is 5.25 Å². The highest BCUT2D eigenvalue weighted by Gasteiger charge is 2.32. The van der Waals surface area contributed by atoms with Crippen molar-refractivity contribution in [2.75, 3.05) is 17.7 Å². The van der Waals surface area contributed by atoms with Crippen molar-refractivity contribution in [3.63, 3.8) is 0 Å². The van der Waals surface area contributed by atoms with E-state index in [9.17, 15) is 13.2 Å². The molecule has 5 nitrogen and oxygen atoms in total. The van der Waals surface area contributed by atoms with E-state index in [1.165, 1.54) is 6.92 Å². The summed E-state index contributed by atoms with van der Waals surface area (Å²) in [6.07, 6.45) is 1.34. The Morgan fingerprint density at radius 3 is 2.43 bits per heavy atom. The number of carbonyl (C=O) groups excluding carboxylic acids is 1. The van der Waals surface area contributed by atoms with Gasteiger partial charge in [0, 0.05) is 12.3 Å². The molecule has 0 aromatic heterocycles. The van der Waals surface area contributed by atoms with E-state index in [4.69, 9.17) is 4.74 Å². The van der Waals surface area contributed by atoms with Crippen LogP contribution in [0.2, 0.25) is 0 Å². The predicted molar refractivity (Wildman–Crippen MR) is 91.5 cm³/mol. The molecule has 1 amide bonds. The van der Waals surface area contributed by atoms with Crippen LogP contribution in [0.4, 0.5) is 5.69 Å². The van der Waals surface area contributed by atoms with Crippen LogP contribution >= 0.6 is 0 Å². The standard InChI is InChI=1S/C17H25NO4S/c1-11-8-12(2)16(13(3)9-11)18-17(19)14(4)23(20,21)10-15-6-5-7-22-15/h8-9,14-15H,5-7,10H2,1-4H3,(H,18,19). The molecule has 1 saturated heterocycles. The third-order valence-corrected chi connectivity index (χ3v) is 6.40. The molecule has 6 heteroatoms. The molecule has 2 unspecified atom stereocenters. The smallest absolute Gasteiger partial charge is 0.242 e. The van der Waals surface area contributed by atoms with Gasteiger partial charge in [0.2, 0.25) is 5.91 Å². The van der Waals surface area contributed by atoms with E-state index < -0.39 is 21.0 Å². The first-order chi connectivity index (χ1) is 10.7. The van der Waals surface area contributed by atoms with E-state index in [1.807, 2.05) is 32.9 Å². The number of amides is 1. The molecule has 1 aliphatic rings. The number of hydrogen-bond donors (Lipinski definition) is 1. The Morgan fingerprint density at radius 1 is 1.30 bits per heavy atom. The summed E-state index contributed by atoms with van der Waals surface area (Å²) in [5, 5.41) is 1.69. The van der Waals surface area contributed by atoms with Gasteiger partial charge < -0.3 is 10.1 Å². The van der Waals surface area contributed by atoms with Gasteiger partial charge in [-0.2, -0.15) is 0 Å². The lowest BCUT2D eigenvalue weighted by atomic mass is 10.1. The molecule has 0 aliphatic carbocycles. The second-order valence-corrected chi connectivity index (χ2v) is 8.74. The Bertz CT molecular complexity index is 668. The summed E-state index contributed by atoms with van der Waals surface area (Å²) < 4.78 is 30.2. The average molecular weight is 339 g/mol. The van der Waals surface area contributed by atoms with Crippen molar-refractivity contribution < 1.29 is 17.9 Å². The van der Waals surface area contributed by atoms with Crippen molar-refractivity contribution in [1.29, 1.82) is 0 Å². The molecule has 1 heterocycles. The molecule has 0 spiro atoms. The van der Waals surface area contributed by atoms with E-state index in [2.05, 4.69) is 5.32 Å². The highest BCUT2D eigenvalue weighted by molar-refractivity contribution is 7.92. The number of anilines is 1. The van der Waals surface area contributed by atoms with Gasteiger partial charge in [0.15, 0.2) is 9.84 Å². The number of ether oxygens (including phenoxy) is 1. The second-order valence-electron chi connectivity index (χ2n) is 6.37. The minimum atomic E-state index is -3.53. The van der Waals surface area contributed by atoms with E-state index in [-0.39, 0.29) is 11.9 Å². The Hall–Kier alpha value is -1.40. The van der Waals surface area contributed by atoms with Gasteiger partial charge in [-0.1, -0.05) is 17.7 Å². The molecule has 0 radical (unpaired) electrons. The minimum Gasteiger partial charge on any atom is -0.377 e. The SMILES string of the molecule is Cc1cc(C)c(NC(=O)C(C)S(=O)(=O)CC2CCCO2)c(C)c1. The van der Waals surface area contributed by atoms with E-state index in [0.29, 0.717) is 12.3 Å². The number of benzene rings is 1. The lowest BCUT2D eigenvalue weighted by Gasteiger charge is -2.18. The topological polar surface area (TPSA) is 72.5 Å². The fraction of sp³-hybridized carbons (Fsp3) is 0.588. The Morgan fingerprint density at radius 2 is 1.91 bits per heavy atom. The van der Waals surface area contributed by atoms with Crippen LogP contribution in [0, 0.1) is 20.8 Å². The lowest BCUT2D eigenvalue weighted by Crippen LogP contribution is -2.37. The van der Waals surface area contributed by atoms with Crippen LogP contribution in [0.1, 0.15) is 36.5 Å². The van der Waals surface area contributed by atoms with Crippen molar-refractivity contribution in [1.82, 2.24) is 0 Å². The molecule has 1 aromatic rings. The zero-order valence-electron chi connectivity index (χ0n) is 14.2. The van der Waals surface area contributed by atoms with Crippen molar-refractivity contribution in [2.24, 2.45) is 0 Å². The van der Waals surface area contributed by atoms with Gasteiger partial charge >= 0.3 is 0 Å². The largest absolute Gasteiger partial charge is 0.377 e. The molecule has 0 saturated carbocycles. The van der Waals surface area contributed by atoms with Gasteiger partial charge in [-0.05, 0) is 51.7 Å². The van der Waals surface area contributed by atoms with E-state index in [0.717, 1.165) is 29.5 Å². The number of sulfone groups is 1. The van der Waals surface area contributed by atoms with Gasteiger partial charge in [-0.15, -0.1) is 0 Å². The summed E-state index contributed by atoms with van der Waals surface area (Å²) in [4.78, 5) is 12.4. The molecule has 0 bridgehead atoms. The van der Waals surface area contributed by atoms with Crippen molar-refractivity contribution >= 4 is 21.4 Å². The van der Waals surface area contributed by atoms with Crippen LogP contribution in [0.15, 0.2) is 12.1 Å². The van der Waals surface area contributed by atoms with Gasteiger partial charge in [-0.3, -0.25) is 4.79 Å². The molecule has 2 rings (SSSR count). The first kappa shape index (κ1) is 17.9. The Kier molecular flexibility index (Phi) is 5.47. The van der Waals surface area contributed by atoms with Crippen LogP contribution in [0.25, 0.3) is 0 Å². The monoisotopic (exact) mass is 339 g/mol. The molecule has 1 aliphatic heterocycles. The highest BCUT2D eigenvalue weighted by Crippen LogP contribution is 2.23. The van der Waals surface area contributed by atoms with Crippen LogP contribution in [0.5, 0.6) is 0 Å². The van der Waals surface area contributed by atoms with Crippen LogP contribution in [-0.4, -0.2) is 38.0 Å². The Labute approximate surface area is 138 Å². The maximum absolute atomic E-state index is 12.4. The predicted octanol–water partition coefficient (Wildman–Crippen LogP) is 2.53. The first-order valence-corrected chi connectivity index (χ1v) is 9.64. The lowest BCUT2D eigenvalue weighted by molar-refractivity contribution is -0.115. The van der Waals surface area contributed by atoms with Crippen LogP contribution < -0.4 is 5.32 Å². The van der Waals surface area contributed by atoms with Gasteiger partial charge in [0.05, 0.1) is 11.9 Å². The number of aryl methyl sites for hydroxylation is 3. The minimum absolute atomic E-state index is 0.0898. The second kappa shape index (κ2) is 7.01. The van der Waals surface area contributed by atoms with Crippen molar-refractivity contribution in [3.05, 3.63) is 28.8 Å². The Balaban J connectivity index is 2.10. The van der Waals surface area contributed by atoms with E-state index >= 15 is 0 Å². The van der Waals surface area contributed by atoms with Gasteiger partial charge in [-0.25, -0.2) is 8.42 Å². The summed E-state index contributed by atoms with van der Waals surface area (Å²) in [5.74, 6) is -0.578. The highest BCUT2D eigenvalue weighted by atomic mass is 32.2. The number of hydrogen-bond acceptors (Lipinski definition) is 4. The fourth-order valence-corrected chi connectivity index (χ4v) is 4.40. The summed E-state index contributed by atoms with van der Waals surface area (Å²) >= 11 is 0. The zero-order chi connectivity index (χ0) is 17.2. The third kappa shape index (κ3) is 4.32. The molecular formula is C17H25NO4S. The zero-order valence-corrected chi connectivity index (χ0v) is 15.0. The van der Waals surface area contributed by atoms with Crippen LogP contribution in [-0.2, 0) is 19.4 Å². The summed E-state index contributed by atoms with van der Waals surface area (Å²) in [7, 11) is -3.53. The number of nitrogens with one attached hydrogen (secondary N) is 1. The maximum Gasteiger partial charge on any atom is 0.242 e. The molecule has 1 N–H and O–H groups in total. The molecule has 23 heavy (non-hydrogen) atoms. The average Bonchev–Trinajstić information content (AvgIpc) is 2.93. The summed E-state index contributed by atoms with van der Waals surface area (Å²) in [5.41, 5.74) is 3.66. The van der Waals surface area contributed by atoms with Crippen molar-refractivity contribution in [2.45, 2.75) is 51.9 Å². The molecule has 1 aromatic carbocycles. The first-order valence-electron chi connectivity index (χ1n) is 7.92. The third-order valence-electron chi connectivity index (χ3n) is 4.28. The normalized spacial score (nSPS) is 19.6. The molecule has 1 fully saturated rings. The number of rotatable bonds is 5. The summed E-state index contributed by atoms with van der Waals surface area (Å²) in [6, 6.07) is 3.93. The molecular weight excluding hydrogens is 314 g/mol. The maximum atomic E-state index is 12.4. The summed E-state index contributed by atoms with van der Waals surface area (Å²) in [6.45, 7) is 7.84. The van der Waals surface area contributed by atoms with Crippen LogP contribution in [0.3, 0.4) is 0 Å². The van der Waals surface area contributed by atoms with Crippen molar-refractivity contribution in [3.8, 4) is 0 Å². The quantitative estimate of drug-likeness (QED) is 0.895.